The van der Waals surface area contributed by atoms with Crippen LogP contribution in [0.2, 0.25) is 0 Å². The Balaban J connectivity index is 1.75. The van der Waals surface area contributed by atoms with Gasteiger partial charge in [0.1, 0.15) is 5.60 Å². The summed E-state index contributed by atoms with van der Waals surface area (Å²) in [5.74, 6) is 0. The zero-order chi connectivity index (χ0) is 16.4. The first-order chi connectivity index (χ1) is 10.9. The number of ether oxygens (including phenoxy) is 1. The number of nitrogens with zero attached hydrogens (tertiary/aromatic N) is 1. The first kappa shape index (κ1) is 16.1. The molecule has 0 bridgehead atoms. The second-order valence-electron chi connectivity index (χ2n) is 7.41. The van der Waals surface area contributed by atoms with E-state index in [4.69, 9.17) is 4.74 Å². The smallest absolute Gasteiger partial charge is 0.414 e. The number of hydrogen-bond acceptors (Lipinski definition) is 4. The van der Waals surface area contributed by atoms with Gasteiger partial charge in [-0.25, -0.2) is 4.79 Å². The molecule has 2 aliphatic rings. The lowest BCUT2D eigenvalue weighted by atomic mass is 10.0. The number of hydrogen-bond donors (Lipinski definition) is 2. The molecule has 0 spiro atoms. The van der Waals surface area contributed by atoms with Crippen LogP contribution in [0.4, 0.5) is 16.2 Å². The highest BCUT2D eigenvalue weighted by molar-refractivity contribution is 5.90. The molecular weight excluding hydrogens is 290 g/mol. The number of benzene rings is 1. The summed E-state index contributed by atoms with van der Waals surface area (Å²) in [7, 11) is 0. The number of rotatable bonds is 2. The average molecular weight is 317 g/mol. The Kier molecular flexibility index (Phi) is 4.48. The van der Waals surface area contributed by atoms with Crippen molar-refractivity contribution >= 4 is 17.5 Å². The minimum Gasteiger partial charge on any atom is -0.443 e. The summed E-state index contributed by atoms with van der Waals surface area (Å²) < 4.78 is 5.53. The maximum absolute atomic E-state index is 12.4. The molecule has 5 heteroatoms. The van der Waals surface area contributed by atoms with Crippen molar-refractivity contribution in [1.82, 2.24) is 5.32 Å². The summed E-state index contributed by atoms with van der Waals surface area (Å²) in [6, 6.07) is 6.80. The second kappa shape index (κ2) is 6.40. The Morgan fingerprint density at radius 3 is 2.91 bits per heavy atom. The van der Waals surface area contributed by atoms with Crippen LogP contribution in [0, 0.1) is 0 Å². The van der Waals surface area contributed by atoms with Crippen molar-refractivity contribution in [3.63, 3.8) is 0 Å². The molecule has 2 N–H and O–H groups in total. The lowest BCUT2D eigenvalue weighted by Crippen LogP contribution is -2.39. The van der Waals surface area contributed by atoms with Crippen LogP contribution in [0.25, 0.3) is 0 Å². The van der Waals surface area contributed by atoms with Gasteiger partial charge in [0.15, 0.2) is 0 Å². The number of anilines is 2. The standard InChI is InChI=1S/C18H27N3O2/c1-18(2,3)23-17(22)21-10-4-5-13-11-14(6-7-16(13)21)20-15-8-9-19-12-15/h6-7,11,15,19-20H,4-5,8-10,12H2,1-3H3. The van der Waals surface area contributed by atoms with E-state index in [1.54, 1.807) is 4.90 Å². The Labute approximate surface area is 138 Å². The molecule has 1 fully saturated rings. The fourth-order valence-corrected chi connectivity index (χ4v) is 3.21. The molecule has 2 heterocycles. The molecule has 5 nitrogen and oxygen atoms in total. The Morgan fingerprint density at radius 1 is 1.39 bits per heavy atom. The predicted octanol–water partition coefficient (Wildman–Crippen LogP) is 3.15. The van der Waals surface area contributed by atoms with E-state index in [2.05, 4.69) is 22.8 Å². The van der Waals surface area contributed by atoms with Gasteiger partial charge in [-0.1, -0.05) is 0 Å². The molecule has 0 aliphatic carbocycles. The SMILES string of the molecule is CC(C)(C)OC(=O)N1CCCc2cc(NC3CCNC3)ccc21. The number of fused-ring (bicyclic) bond motifs is 1. The molecule has 0 saturated carbocycles. The van der Waals surface area contributed by atoms with Gasteiger partial charge in [0.25, 0.3) is 0 Å². The van der Waals surface area contributed by atoms with E-state index in [9.17, 15) is 4.79 Å². The maximum Gasteiger partial charge on any atom is 0.414 e. The molecular formula is C18H27N3O2. The van der Waals surface area contributed by atoms with Gasteiger partial charge in [0.05, 0.1) is 5.69 Å². The van der Waals surface area contributed by atoms with Crippen molar-refractivity contribution in [2.45, 2.75) is 51.7 Å². The number of nitrogens with one attached hydrogen (secondary N) is 2. The molecule has 2 aliphatic heterocycles. The molecule has 1 saturated heterocycles. The minimum absolute atomic E-state index is 0.251. The van der Waals surface area contributed by atoms with Gasteiger partial charge in [-0.15, -0.1) is 0 Å². The van der Waals surface area contributed by atoms with Gasteiger partial charge >= 0.3 is 6.09 Å². The maximum atomic E-state index is 12.4. The first-order valence-corrected chi connectivity index (χ1v) is 8.53. The fraction of sp³-hybridized carbons (Fsp3) is 0.611. The third-order valence-electron chi connectivity index (χ3n) is 4.24. The zero-order valence-electron chi connectivity index (χ0n) is 14.3. The molecule has 1 aromatic carbocycles. The molecule has 126 valence electrons. The second-order valence-corrected chi connectivity index (χ2v) is 7.41. The quantitative estimate of drug-likeness (QED) is 0.880. The lowest BCUT2D eigenvalue weighted by Gasteiger charge is -2.32. The number of carbonyl (C=O) groups excluding carboxylic acids is 1. The summed E-state index contributed by atoms with van der Waals surface area (Å²) in [6.07, 6.45) is 2.88. The minimum atomic E-state index is -0.467. The van der Waals surface area contributed by atoms with Gasteiger partial charge in [-0.05, 0) is 70.3 Å². The van der Waals surface area contributed by atoms with Gasteiger partial charge in [0.2, 0.25) is 0 Å². The van der Waals surface area contributed by atoms with E-state index < -0.39 is 5.60 Å². The van der Waals surface area contributed by atoms with Crippen molar-refractivity contribution in [1.29, 1.82) is 0 Å². The Hall–Kier alpha value is -1.75. The van der Waals surface area contributed by atoms with Gasteiger partial charge < -0.3 is 15.4 Å². The van der Waals surface area contributed by atoms with Crippen LogP contribution in [0.3, 0.4) is 0 Å². The van der Waals surface area contributed by atoms with Crippen LogP contribution in [0.5, 0.6) is 0 Å². The van der Waals surface area contributed by atoms with Crippen molar-refractivity contribution < 1.29 is 9.53 Å². The number of carbonyl (C=O) groups is 1. The number of aryl methyl sites for hydroxylation is 1. The molecule has 1 unspecified atom stereocenters. The third kappa shape index (κ3) is 3.96. The summed E-state index contributed by atoms with van der Waals surface area (Å²) in [6.45, 7) is 8.52. The van der Waals surface area contributed by atoms with E-state index in [-0.39, 0.29) is 6.09 Å². The molecule has 3 rings (SSSR count). The van der Waals surface area contributed by atoms with Crippen LogP contribution in [-0.2, 0) is 11.2 Å². The van der Waals surface area contributed by atoms with Crippen molar-refractivity contribution in [3.8, 4) is 0 Å². The highest BCUT2D eigenvalue weighted by atomic mass is 16.6. The molecule has 1 aromatic rings. The normalized spacial score (nSPS) is 21.0. The number of amides is 1. The lowest BCUT2D eigenvalue weighted by molar-refractivity contribution is 0.0578. The highest BCUT2D eigenvalue weighted by Gasteiger charge is 2.27. The van der Waals surface area contributed by atoms with E-state index in [0.717, 1.165) is 50.3 Å². The summed E-state index contributed by atoms with van der Waals surface area (Å²) in [4.78, 5) is 14.2. The third-order valence-corrected chi connectivity index (χ3v) is 4.24. The largest absolute Gasteiger partial charge is 0.443 e. The van der Waals surface area contributed by atoms with E-state index in [1.165, 1.54) is 5.56 Å². The molecule has 23 heavy (non-hydrogen) atoms. The highest BCUT2D eigenvalue weighted by Crippen LogP contribution is 2.31. The van der Waals surface area contributed by atoms with Gasteiger partial charge in [0, 0.05) is 24.8 Å². The zero-order valence-corrected chi connectivity index (χ0v) is 14.3. The monoisotopic (exact) mass is 317 g/mol. The van der Waals surface area contributed by atoms with Gasteiger partial charge in [-0.2, -0.15) is 0 Å². The predicted molar refractivity (Wildman–Crippen MR) is 93.2 cm³/mol. The van der Waals surface area contributed by atoms with Gasteiger partial charge in [-0.3, -0.25) is 4.90 Å². The van der Waals surface area contributed by atoms with Crippen LogP contribution in [0.1, 0.15) is 39.2 Å². The first-order valence-electron chi connectivity index (χ1n) is 8.53. The van der Waals surface area contributed by atoms with E-state index in [0.29, 0.717) is 6.04 Å². The Bertz CT molecular complexity index is 574. The molecule has 1 atom stereocenters. The molecule has 0 radical (unpaired) electrons. The Morgan fingerprint density at radius 2 is 2.22 bits per heavy atom. The summed E-state index contributed by atoms with van der Waals surface area (Å²) in [5.41, 5.74) is 2.88. The van der Waals surface area contributed by atoms with Crippen LogP contribution in [-0.4, -0.2) is 37.4 Å². The van der Waals surface area contributed by atoms with Crippen LogP contribution in [0.15, 0.2) is 18.2 Å². The summed E-state index contributed by atoms with van der Waals surface area (Å²) in [5, 5.41) is 6.94. The molecule has 1 amide bonds. The average Bonchev–Trinajstić information content (AvgIpc) is 2.97. The van der Waals surface area contributed by atoms with E-state index >= 15 is 0 Å². The van der Waals surface area contributed by atoms with E-state index in [1.807, 2.05) is 26.8 Å². The topological polar surface area (TPSA) is 53.6 Å². The summed E-state index contributed by atoms with van der Waals surface area (Å²) >= 11 is 0. The van der Waals surface area contributed by atoms with Crippen LogP contribution >= 0.6 is 0 Å². The molecule has 0 aromatic heterocycles. The fourth-order valence-electron chi connectivity index (χ4n) is 3.21. The van der Waals surface area contributed by atoms with Crippen LogP contribution < -0.4 is 15.5 Å². The van der Waals surface area contributed by atoms with Crippen molar-refractivity contribution in [3.05, 3.63) is 23.8 Å². The van der Waals surface area contributed by atoms with Crippen molar-refractivity contribution in [2.24, 2.45) is 0 Å². The van der Waals surface area contributed by atoms with Crippen molar-refractivity contribution in [2.75, 3.05) is 29.9 Å².